The van der Waals surface area contributed by atoms with Crippen molar-refractivity contribution in [3.8, 4) is 0 Å². The summed E-state index contributed by atoms with van der Waals surface area (Å²) >= 11 is 0. The lowest BCUT2D eigenvalue weighted by molar-refractivity contribution is -0.128. The molecule has 144 valence electrons. The van der Waals surface area contributed by atoms with Crippen LogP contribution >= 0.6 is 0 Å². The molecular formula is C21H34N4O. The van der Waals surface area contributed by atoms with E-state index in [1.807, 2.05) is 6.92 Å². The minimum atomic E-state index is -0.354. The summed E-state index contributed by atoms with van der Waals surface area (Å²) in [6, 6.07) is 10.9. The number of nitrogens with two attached hydrogens (primary N) is 1. The number of benzene rings is 1. The quantitative estimate of drug-likeness (QED) is 0.847. The van der Waals surface area contributed by atoms with Crippen molar-refractivity contribution < 1.29 is 4.79 Å². The highest BCUT2D eigenvalue weighted by Gasteiger charge is 2.37. The molecule has 1 saturated carbocycles. The highest BCUT2D eigenvalue weighted by Crippen LogP contribution is 2.31. The van der Waals surface area contributed by atoms with E-state index in [0.717, 1.165) is 51.9 Å². The monoisotopic (exact) mass is 358 g/mol. The van der Waals surface area contributed by atoms with Gasteiger partial charge in [-0.25, -0.2) is 0 Å². The van der Waals surface area contributed by atoms with Gasteiger partial charge in [0.1, 0.15) is 0 Å². The zero-order chi connectivity index (χ0) is 18.6. The minimum Gasteiger partial charge on any atom is -0.369 e. The summed E-state index contributed by atoms with van der Waals surface area (Å²) in [6.07, 6.45) is 4.12. The molecule has 3 atom stereocenters. The first-order chi connectivity index (χ1) is 12.5. The molecule has 1 aromatic rings. The van der Waals surface area contributed by atoms with Crippen LogP contribution in [0.15, 0.2) is 30.3 Å². The smallest absolute Gasteiger partial charge is 0.225 e. The molecule has 3 unspecified atom stereocenters. The van der Waals surface area contributed by atoms with E-state index in [4.69, 9.17) is 5.73 Å². The molecule has 2 fully saturated rings. The van der Waals surface area contributed by atoms with Crippen LogP contribution in [0, 0.1) is 5.92 Å². The van der Waals surface area contributed by atoms with Crippen molar-refractivity contribution >= 4 is 11.6 Å². The Labute approximate surface area is 157 Å². The van der Waals surface area contributed by atoms with Crippen LogP contribution in [0.1, 0.15) is 39.5 Å². The van der Waals surface area contributed by atoms with E-state index in [-0.39, 0.29) is 17.4 Å². The number of nitrogens with one attached hydrogen (secondary N) is 1. The van der Waals surface area contributed by atoms with Gasteiger partial charge in [-0.2, -0.15) is 0 Å². The Morgan fingerprint density at radius 1 is 1.23 bits per heavy atom. The number of amides is 1. The van der Waals surface area contributed by atoms with Crippen molar-refractivity contribution in [1.82, 2.24) is 10.2 Å². The van der Waals surface area contributed by atoms with Gasteiger partial charge in [-0.05, 0) is 38.8 Å². The lowest BCUT2D eigenvalue weighted by atomic mass is 9.74. The third-order valence-corrected chi connectivity index (χ3v) is 6.20. The molecule has 5 nitrogen and oxygen atoms in total. The predicted octanol–water partition coefficient (Wildman–Crippen LogP) is 2.22. The van der Waals surface area contributed by atoms with Gasteiger partial charge >= 0.3 is 0 Å². The van der Waals surface area contributed by atoms with Crippen molar-refractivity contribution in [2.75, 3.05) is 37.6 Å². The second-order valence-electron chi connectivity index (χ2n) is 8.26. The molecule has 26 heavy (non-hydrogen) atoms. The molecule has 1 aliphatic carbocycles. The van der Waals surface area contributed by atoms with E-state index in [9.17, 15) is 4.79 Å². The van der Waals surface area contributed by atoms with Crippen LogP contribution in [0.3, 0.4) is 0 Å². The van der Waals surface area contributed by atoms with E-state index in [1.165, 1.54) is 5.69 Å². The molecule has 1 aliphatic heterocycles. The number of rotatable bonds is 5. The van der Waals surface area contributed by atoms with Gasteiger partial charge in [0.25, 0.3) is 0 Å². The summed E-state index contributed by atoms with van der Waals surface area (Å²) in [6.45, 7) is 9.08. The Morgan fingerprint density at radius 3 is 2.58 bits per heavy atom. The van der Waals surface area contributed by atoms with Crippen LogP contribution in [0.25, 0.3) is 0 Å². The number of hydrogen-bond acceptors (Lipinski definition) is 4. The topological polar surface area (TPSA) is 61.6 Å². The van der Waals surface area contributed by atoms with Crippen molar-refractivity contribution in [3.05, 3.63) is 30.3 Å². The van der Waals surface area contributed by atoms with Gasteiger partial charge < -0.3 is 16.0 Å². The summed E-state index contributed by atoms with van der Waals surface area (Å²) in [7, 11) is 0. The Balaban J connectivity index is 1.44. The molecule has 5 heteroatoms. The summed E-state index contributed by atoms with van der Waals surface area (Å²) in [4.78, 5) is 17.5. The molecule has 3 N–H and O–H groups in total. The Kier molecular flexibility index (Phi) is 6.20. The van der Waals surface area contributed by atoms with Crippen LogP contribution in [-0.2, 0) is 4.79 Å². The van der Waals surface area contributed by atoms with Crippen LogP contribution in [0.4, 0.5) is 5.69 Å². The van der Waals surface area contributed by atoms with E-state index in [0.29, 0.717) is 12.6 Å². The Hall–Kier alpha value is -1.59. The maximum Gasteiger partial charge on any atom is 0.225 e. The normalized spacial score (nSPS) is 28.6. The predicted molar refractivity (Wildman–Crippen MR) is 107 cm³/mol. The molecule has 2 aliphatic rings. The molecular weight excluding hydrogens is 324 g/mol. The average molecular weight is 359 g/mol. The number of nitrogens with zero attached hydrogens (tertiary/aromatic N) is 2. The fourth-order valence-electron chi connectivity index (χ4n) is 4.35. The van der Waals surface area contributed by atoms with Crippen LogP contribution in [0.5, 0.6) is 0 Å². The molecule has 3 rings (SSSR count). The first-order valence-corrected chi connectivity index (χ1v) is 10.1. The van der Waals surface area contributed by atoms with Crippen molar-refractivity contribution in [2.45, 2.75) is 51.1 Å². The highest BCUT2D eigenvalue weighted by atomic mass is 16.1. The summed E-state index contributed by atoms with van der Waals surface area (Å²) < 4.78 is 0. The lowest BCUT2D eigenvalue weighted by Gasteiger charge is -2.40. The maximum absolute atomic E-state index is 12.6. The average Bonchev–Trinajstić information content (AvgIpc) is 2.66. The first-order valence-electron chi connectivity index (χ1n) is 10.1. The number of piperazine rings is 1. The van der Waals surface area contributed by atoms with Crippen molar-refractivity contribution in [3.63, 3.8) is 0 Å². The molecule has 1 aromatic carbocycles. The highest BCUT2D eigenvalue weighted by molar-refractivity contribution is 5.80. The van der Waals surface area contributed by atoms with Gasteiger partial charge in [-0.3, -0.25) is 9.69 Å². The summed E-state index contributed by atoms with van der Waals surface area (Å²) in [5, 5.41) is 3.17. The minimum absolute atomic E-state index is 0.0432. The molecule has 0 bridgehead atoms. The number of carbonyl (C=O) groups excluding carboxylic acids is 1. The van der Waals surface area contributed by atoms with E-state index in [1.54, 1.807) is 0 Å². The van der Waals surface area contributed by atoms with Gasteiger partial charge in [0.2, 0.25) is 5.91 Å². The Bertz CT molecular complexity index is 581. The molecule has 1 amide bonds. The zero-order valence-electron chi connectivity index (χ0n) is 16.3. The van der Waals surface area contributed by atoms with Crippen molar-refractivity contribution in [2.24, 2.45) is 11.7 Å². The Morgan fingerprint density at radius 2 is 1.92 bits per heavy atom. The van der Waals surface area contributed by atoms with E-state index in [2.05, 4.69) is 52.4 Å². The van der Waals surface area contributed by atoms with Crippen LogP contribution in [-0.4, -0.2) is 55.1 Å². The van der Waals surface area contributed by atoms with Gasteiger partial charge in [0, 0.05) is 50.0 Å². The number of carbonyl (C=O) groups is 1. The van der Waals surface area contributed by atoms with E-state index >= 15 is 0 Å². The summed E-state index contributed by atoms with van der Waals surface area (Å²) in [5.41, 5.74) is 7.31. The maximum atomic E-state index is 12.6. The molecule has 0 spiro atoms. The van der Waals surface area contributed by atoms with Gasteiger partial charge in [0.05, 0.1) is 5.92 Å². The fraction of sp³-hybridized carbons (Fsp3) is 0.667. The standard InChI is InChI=1S/C21H34N4O/c1-17(16-23-20(26)19-10-6-7-11-21(19,2)22)24-12-14-25(15-13-24)18-8-4-3-5-9-18/h3-5,8-9,17,19H,6-7,10-16,22H2,1-2H3,(H,23,26). The second-order valence-corrected chi connectivity index (χ2v) is 8.26. The largest absolute Gasteiger partial charge is 0.369 e. The molecule has 1 heterocycles. The summed E-state index contributed by atoms with van der Waals surface area (Å²) in [5.74, 6) is 0.0999. The second kappa shape index (κ2) is 8.40. The van der Waals surface area contributed by atoms with Crippen LogP contribution in [0.2, 0.25) is 0 Å². The van der Waals surface area contributed by atoms with Gasteiger partial charge in [0.15, 0.2) is 0 Å². The molecule has 1 saturated heterocycles. The fourth-order valence-corrected chi connectivity index (χ4v) is 4.35. The third-order valence-electron chi connectivity index (χ3n) is 6.20. The first kappa shape index (κ1) is 19.2. The van der Waals surface area contributed by atoms with Crippen LogP contribution < -0.4 is 16.0 Å². The molecule has 0 aromatic heterocycles. The SMILES string of the molecule is CC(CNC(=O)C1CCCCC1(C)N)N1CCN(c2ccccc2)CC1. The third kappa shape index (κ3) is 4.57. The van der Waals surface area contributed by atoms with Crippen molar-refractivity contribution in [1.29, 1.82) is 0 Å². The number of anilines is 1. The van der Waals surface area contributed by atoms with Gasteiger partial charge in [-0.15, -0.1) is 0 Å². The number of hydrogen-bond donors (Lipinski definition) is 2. The zero-order valence-corrected chi connectivity index (χ0v) is 16.3. The lowest BCUT2D eigenvalue weighted by Crippen LogP contribution is -2.55. The molecule has 0 radical (unpaired) electrons. The van der Waals surface area contributed by atoms with Gasteiger partial charge in [-0.1, -0.05) is 31.0 Å². The number of para-hydroxylation sites is 1. The van der Waals surface area contributed by atoms with E-state index < -0.39 is 0 Å².